The minimum atomic E-state index is -0.798. The van der Waals surface area contributed by atoms with E-state index in [9.17, 15) is 14.4 Å². The number of benzene rings is 2. The number of hydrogen-bond donors (Lipinski definition) is 2. The molecular weight excluding hydrogens is 424 g/mol. The van der Waals surface area contributed by atoms with Gasteiger partial charge >= 0.3 is 18.2 Å². The predicted molar refractivity (Wildman–Crippen MR) is 123 cm³/mol. The van der Waals surface area contributed by atoms with Crippen molar-refractivity contribution in [2.24, 2.45) is 0 Å². The highest BCUT2D eigenvalue weighted by Gasteiger charge is 2.30. The Morgan fingerprint density at radius 2 is 1.36 bits per heavy atom. The first-order chi connectivity index (χ1) is 15.7. The highest BCUT2D eigenvalue weighted by molar-refractivity contribution is 5.74. The van der Waals surface area contributed by atoms with Crippen LogP contribution in [0.2, 0.25) is 0 Å². The SMILES string of the molecule is COC(=O)C[C@@H](NC(=O)OCc1ccccc1)[C@H](Cc1ccccc1)NC(=O)OC(C)(C)C. The van der Waals surface area contributed by atoms with E-state index in [4.69, 9.17) is 14.2 Å². The minimum Gasteiger partial charge on any atom is -0.469 e. The number of esters is 1. The quantitative estimate of drug-likeness (QED) is 0.437. The molecule has 0 aliphatic heterocycles. The van der Waals surface area contributed by atoms with Crippen LogP contribution in [-0.4, -0.2) is 43.0 Å². The number of amides is 2. The number of ether oxygens (including phenoxy) is 3. The molecule has 33 heavy (non-hydrogen) atoms. The van der Waals surface area contributed by atoms with E-state index in [0.29, 0.717) is 6.42 Å². The zero-order valence-corrected chi connectivity index (χ0v) is 19.5. The van der Waals surface area contributed by atoms with Gasteiger partial charge < -0.3 is 24.8 Å². The van der Waals surface area contributed by atoms with Crippen LogP contribution >= 0.6 is 0 Å². The minimum absolute atomic E-state index is 0.0699. The number of rotatable bonds is 9. The van der Waals surface area contributed by atoms with Gasteiger partial charge in [-0.15, -0.1) is 0 Å². The van der Waals surface area contributed by atoms with Crippen molar-refractivity contribution in [3.05, 3.63) is 71.8 Å². The molecule has 0 radical (unpaired) electrons. The molecule has 178 valence electrons. The van der Waals surface area contributed by atoms with Gasteiger partial charge in [0.25, 0.3) is 0 Å². The van der Waals surface area contributed by atoms with E-state index in [1.807, 2.05) is 60.7 Å². The molecule has 8 nitrogen and oxygen atoms in total. The van der Waals surface area contributed by atoms with Crippen LogP contribution in [0, 0.1) is 0 Å². The second kappa shape index (κ2) is 12.5. The summed E-state index contributed by atoms with van der Waals surface area (Å²) in [4.78, 5) is 37.2. The fourth-order valence-electron chi connectivity index (χ4n) is 3.09. The lowest BCUT2D eigenvalue weighted by atomic mass is 9.97. The Labute approximate surface area is 194 Å². The maximum absolute atomic E-state index is 12.5. The lowest BCUT2D eigenvalue weighted by molar-refractivity contribution is -0.141. The number of alkyl carbamates (subject to hydrolysis) is 2. The molecule has 0 aliphatic rings. The van der Waals surface area contributed by atoms with Crippen molar-refractivity contribution in [3.8, 4) is 0 Å². The van der Waals surface area contributed by atoms with Gasteiger partial charge in [0.1, 0.15) is 12.2 Å². The third-order valence-corrected chi connectivity index (χ3v) is 4.62. The number of nitrogens with one attached hydrogen (secondary N) is 2. The lowest BCUT2D eigenvalue weighted by Gasteiger charge is -2.29. The van der Waals surface area contributed by atoms with Crippen molar-refractivity contribution in [1.29, 1.82) is 0 Å². The molecule has 2 atom stereocenters. The highest BCUT2D eigenvalue weighted by atomic mass is 16.6. The van der Waals surface area contributed by atoms with E-state index in [1.54, 1.807) is 20.8 Å². The molecule has 2 rings (SSSR count). The lowest BCUT2D eigenvalue weighted by Crippen LogP contribution is -2.54. The van der Waals surface area contributed by atoms with Crippen LogP contribution in [0.25, 0.3) is 0 Å². The van der Waals surface area contributed by atoms with Crippen molar-refractivity contribution < 1.29 is 28.6 Å². The Bertz CT molecular complexity index is 896. The fourth-order valence-corrected chi connectivity index (χ4v) is 3.09. The summed E-state index contributed by atoms with van der Waals surface area (Å²) in [6, 6.07) is 17.2. The molecule has 0 heterocycles. The van der Waals surface area contributed by atoms with Crippen LogP contribution < -0.4 is 10.6 Å². The summed E-state index contributed by atoms with van der Waals surface area (Å²) in [5, 5.41) is 5.50. The Kier molecular flexibility index (Phi) is 9.72. The molecule has 2 aromatic rings. The first kappa shape index (κ1) is 25.7. The van der Waals surface area contributed by atoms with E-state index in [-0.39, 0.29) is 13.0 Å². The number of carbonyl (C=O) groups excluding carboxylic acids is 3. The third-order valence-electron chi connectivity index (χ3n) is 4.62. The van der Waals surface area contributed by atoms with Crippen molar-refractivity contribution in [3.63, 3.8) is 0 Å². The van der Waals surface area contributed by atoms with Crippen LogP contribution in [0.3, 0.4) is 0 Å². The van der Waals surface area contributed by atoms with Gasteiger partial charge in [0, 0.05) is 0 Å². The van der Waals surface area contributed by atoms with Gasteiger partial charge in [0.05, 0.1) is 25.6 Å². The molecule has 0 saturated heterocycles. The summed E-state index contributed by atoms with van der Waals surface area (Å²) >= 11 is 0. The molecule has 0 aliphatic carbocycles. The molecule has 0 aromatic heterocycles. The van der Waals surface area contributed by atoms with Crippen molar-refractivity contribution in [1.82, 2.24) is 10.6 Å². The summed E-state index contributed by atoms with van der Waals surface area (Å²) in [6.07, 6.45) is -1.18. The van der Waals surface area contributed by atoms with E-state index >= 15 is 0 Å². The van der Waals surface area contributed by atoms with Gasteiger partial charge in [-0.25, -0.2) is 9.59 Å². The Morgan fingerprint density at radius 1 is 0.818 bits per heavy atom. The number of hydrogen-bond acceptors (Lipinski definition) is 6. The van der Waals surface area contributed by atoms with Gasteiger partial charge in [-0.3, -0.25) is 4.79 Å². The molecule has 0 fully saturated rings. The van der Waals surface area contributed by atoms with Gasteiger partial charge in [-0.05, 0) is 38.3 Å². The number of methoxy groups -OCH3 is 1. The third kappa shape index (κ3) is 10.1. The van der Waals surface area contributed by atoms with Gasteiger partial charge in [0.15, 0.2) is 0 Å². The normalized spacial score (nSPS) is 12.7. The Morgan fingerprint density at radius 3 is 1.91 bits per heavy atom. The summed E-state index contributed by atoms with van der Waals surface area (Å²) in [5.41, 5.74) is 1.03. The molecule has 0 unspecified atom stereocenters. The maximum atomic E-state index is 12.5. The second-order valence-electron chi connectivity index (χ2n) is 8.54. The molecule has 0 bridgehead atoms. The standard InChI is InChI=1S/C25H32N2O6/c1-25(2,3)33-24(30)27-20(15-18-11-7-5-8-12-18)21(16-22(28)31-4)26-23(29)32-17-19-13-9-6-10-14-19/h5-14,20-21H,15-17H2,1-4H3,(H,26,29)(H,27,30)/t20-,21+/m0/s1. The molecule has 2 N–H and O–H groups in total. The monoisotopic (exact) mass is 456 g/mol. The molecular formula is C25H32N2O6. The summed E-state index contributed by atoms with van der Waals surface area (Å²) in [5.74, 6) is -0.535. The first-order valence-electron chi connectivity index (χ1n) is 10.7. The predicted octanol–water partition coefficient (Wildman–Crippen LogP) is 3.98. The average Bonchev–Trinajstić information content (AvgIpc) is 2.77. The van der Waals surface area contributed by atoms with Gasteiger partial charge in [-0.1, -0.05) is 60.7 Å². The molecule has 0 spiro atoms. The zero-order valence-electron chi connectivity index (χ0n) is 19.5. The summed E-state index contributed by atoms with van der Waals surface area (Å²) in [6.45, 7) is 5.33. The topological polar surface area (TPSA) is 103 Å². The largest absolute Gasteiger partial charge is 0.469 e. The summed E-state index contributed by atoms with van der Waals surface area (Å²) in [7, 11) is 1.26. The molecule has 8 heteroatoms. The van der Waals surface area contributed by atoms with Crippen molar-refractivity contribution in [2.75, 3.05) is 7.11 Å². The summed E-state index contributed by atoms with van der Waals surface area (Å²) < 4.78 is 15.5. The van der Waals surface area contributed by atoms with E-state index in [2.05, 4.69) is 10.6 Å². The zero-order chi connectivity index (χ0) is 24.3. The van der Waals surface area contributed by atoms with E-state index in [1.165, 1.54) is 7.11 Å². The van der Waals surface area contributed by atoms with Crippen LogP contribution in [0.4, 0.5) is 9.59 Å². The Balaban J connectivity index is 2.18. The van der Waals surface area contributed by atoms with Gasteiger partial charge in [0.2, 0.25) is 0 Å². The molecule has 0 saturated carbocycles. The first-order valence-corrected chi connectivity index (χ1v) is 10.7. The van der Waals surface area contributed by atoms with Crippen molar-refractivity contribution in [2.45, 2.75) is 57.9 Å². The van der Waals surface area contributed by atoms with Gasteiger partial charge in [-0.2, -0.15) is 0 Å². The van der Waals surface area contributed by atoms with Crippen molar-refractivity contribution >= 4 is 18.2 Å². The number of carbonyl (C=O) groups is 3. The molecule has 2 amide bonds. The highest BCUT2D eigenvalue weighted by Crippen LogP contribution is 2.13. The second-order valence-corrected chi connectivity index (χ2v) is 8.54. The van der Waals surface area contributed by atoms with E-state index in [0.717, 1.165) is 11.1 Å². The fraction of sp³-hybridized carbons (Fsp3) is 0.400. The van der Waals surface area contributed by atoms with Crippen LogP contribution in [0.5, 0.6) is 0 Å². The Hall–Kier alpha value is -3.55. The maximum Gasteiger partial charge on any atom is 0.407 e. The smallest absolute Gasteiger partial charge is 0.407 e. The van der Waals surface area contributed by atoms with E-state index < -0.39 is 35.8 Å². The van der Waals surface area contributed by atoms with Crippen LogP contribution in [-0.2, 0) is 32.0 Å². The van der Waals surface area contributed by atoms with Crippen LogP contribution in [0.15, 0.2) is 60.7 Å². The molecule has 2 aromatic carbocycles. The van der Waals surface area contributed by atoms with Crippen LogP contribution in [0.1, 0.15) is 38.3 Å². The average molecular weight is 457 g/mol.